The zero-order valence-electron chi connectivity index (χ0n) is 8.50. The summed E-state index contributed by atoms with van der Waals surface area (Å²) in [5.74, 6) is 1.63. The molecule has 0 unspecified atom stereocenters. The topological polar surface area (TPSA) is 37.8 Å². The van der Waals surface area contributed by atoms with Gasteiger partial charge in [0.25, 0.3) is 0 Å². The Morgan fingerprint density at radius 1 is 1.38 bits per heavy atom. The van der Waals surface area contributed by atoms with Crippen LogP contribution in [0.1, 0.15) is 32.9 Å². The van der Waals surface area contributed by atoms with Gasteiger partial charge in [-0.15, -0.1) is 0 Å². The number of nitrogens with one attached hydrogen (secondary N) is 1. The minimum Gasteiger partial charge on any atom is -0.368 e. The van der Waals surface area contributed by atoms with Gasteiger partial charge in [0.05, 0.1) is 17.4 Å². The SMILES string of the molecule is CCCNc1nsnc1CC(C)C. The van der Waals surface area contributed by atoms with E-state index < -0.39 is 0 Å². The molecule has 13 heavy (non-hydrogen) atoms. The summed E-state index contributed by atoms with van der Waals surface area (Å²) in [7, 11) is 0. The minimum atomic E-state index is 0.645. The third-order valence-corrected chi connectivity index (χ3v) is 2.27. The summed E-state index contributed by atoms with van der Waals surface area (Å²) in [6.45, 7) is 7.53. The molecule has 0 aliphatic carbocycles. The van der Waals surface area contributed by atoms with E-state index in [9.17, 15) is 0 Å². The maximum Gasteiger partial charge on any atom is 0.163 e. The largest absolute Gasteiger partial charge is 0.368 e. The molecule has 3 nitrogen and oxygen atoms in total. The molecule has 0 bridgehead atoms. The Bertz CT molecular complexity index is 245. The lowest BCUT2D eigenvalue weighted by molar-refractivity contribution is 0.639. The first-order valence-electron chi connectivity index (χ1n) is 4.79. The van der Waals surface area contributed by atoms with Gasteiger partial charge in [0.15, 0.2) is 5.82 Å². The van der Waals surface area contributed by atoms with Gasteiger partial charge in [-0.25, -0.2) is 0 Å². The van der Waals surface area contributed by atoms with Crippen LogP contribution >= 0.6 is 11.7 Å². The van der Waals surface area contributed by atoms with E-state index in [1.54, 1.807) is 0 Å². The molecule has 0 fully saturated rings. The van der Waals surface area contributed by atoms with E-state index in [0.29, 0.717) is 5.92 Å². The first-order chi connectivity index (χ1) is 6.24. The number of anilines is 1. The Morgan fingerprint density at radius 3 is 2.77 bits per heavy atom. The van der Waals surface area contributed by atoms with Crippen LogP contribution in [0.2, 0.25) is 0 Å². The van der Waals surface area contributed by atoms with Gasteiger partial charge in [-0.2, -0.15) is 8.75 Å². The van der Waals surface area contributed by atoms with Crippen LogP contribution in [0.25, 0.3) is 0 Å². The highest BCUT2D eigenvalue weighted by Gasteiger charge is 2.08. The van der Waals surface area contributed by atoms with Crippen molar-refractivity contribution in [1.82, 2.24) is 8.75 Å². The quantitative estimate of drug-likeness (QED) is 0.792. The van der Waals surface area contributed by atoms with Crippen molar-refractivity contribution < 1.29 is 0 Å². The monoisotopic (exact) mass is 199 g/mol. The standard InChI is InChI=1S/C9H17N3S/c1-4-5-10-9-8(6-7(2)3)11-13-12-9/h7H,4-6H2,1-3H3,(H,10,12). The summed E-state index contributed by atoms with van der Waals surface area (Å²) < 4.78 is 8.50. The fourth-order valence-corrected chi connectivity index (χ4v) is 1.66. The first kappa shape index (κ1) is 10.4. The second-order valence-electron chi connectivity index (χ2n) is 3.58. The lowest BCUT2D eigenvalue weighted by Crippen LogP contribution is -2.04. The van der Waals surface area contributed by atoms with Crippen LogP contribution in [-0.2, 0) is 6.42 Å². The van der Waals surface area contributed by atoms with Crippen molar-refractivity contribution in [3.8, 4) is 0 Å². The number of aromatic nitrogens is 2. The molecule has 1 rings (SSSR count). The number of nitrogens with zero attached hydrogens (tertiary/aromatic N) is 2. The Labute approximate surface area is 83.9 Å². The Morgan fingerprint density at radius 2 is 2.15 bits per heavy atom. The molecule has 74 valence electrons. The van der Waals surface area contributed by atoms with Crippen molar-refractivity contribution in [2.45, 2.75) is 33.6 Å². The summed E-state index contributed by atoms with van der Waals surface area (Å²) in [5.41, 5.74) is 1.12. The maximum absolute atomic E-state index is 4.28. The lowest BCUT2D eigenvalue weighted by Gasteiger charge is -2.04. The molecule has 1 aromatic rings. The molecule has 0 aliphatic rings. The fourth-order valence-electron chi connectivity index (χ4n) is 1.10. The van der Waals surface area contributed by atoms with Gasteiger partial charge < -0.3 is 5.32 Å². The number of hydrogen-bond acceptors (Lipinski definition) is 4. The van der Waals surface area contributed by atoms with Crippen molar-refractivity contribution >= 4 is 17.5 Å². The molecule has 0 amide bonds. The van der Waals surface area contributed by atoms with Gasteiger partial charge in [-0.1, -0.05) is 20.8 Å². The van der Waals surface area contributed by atoms with E-state index in [4.69, 9.17) is 0 Å². The average Bonchev–Trinajstić information content (AvgIpc) is 2.48. The van der Waals surface area contributed by atoms with Crippen LogP contribution in [0, 0.1) is 5.92 Å². The second-order valence-corrected chi connectivity index (χ2v) is 4.11. The first-order valence-corrected chi connectivity index (χ1v) is 5.52. The van der Waals surface area contributed by atoms with Crippen LogP contribution in [-0.4, -0.2) is 15.3 Å². The highest BCUT2D eigenvalue weighted by Crippen LogP contribution is 2.16. The van der Waals surface area contributed by atoms with Gasteiger partial charge in [0.1, 0.15) is 0 Å². The molecular formula is C9H17N3S. The number of rotatable bonds is 5. The smallest absolute Gasteiger partial charge is 0.163 e. The fraction of sp³-hybridized carbons (Fsp3) is 0.778. The van der Waals surface area contributed by atoms with Crippen LogP contribution in [0.5, 0.6) is 0 Å². The van der Waals surface area contributed by atoms with Crippen molar-refractivity contribution in [2.75, 3.05) is 11.9 Å². The maximum atomic E-state index is 4.28. The Balaban J connectivity index is 2.55. The molecule has 4 heteroatoms. The zero-order chi connectivity index (χ0) is 9.68. The van der Waals surface area contributed by atoms with Crippen LogP contribution in [0.4, 0.5) is 5.82 Å². The van der Waals surface area contributed by atoms with Crippen LogP contribution in [0.15, 0.2) is 0 Å². The highest BCUT2D eigenvalue weighted by molar-refractivity contribution is 6.99. The van der Waals surface area contributed by atoms with Gasteiger partial charge in [-0.3, -0.25) is 0 Å². The zero-order valence-corrected chi connectivity index (χ0v) is 9.32. The summed E-state index contributed by atoms with van der Waals surface area (Å²) >= 11 is 1.30. The van der Waals surface area contributed by atoms with Crippen LogP contribution < -0.4 is 5.32 Å². The molecule has 0 spiro atoms. The van der Waals surface area contributed by atoms with E-state index in [1.807, 2.05) is 0 Å². The Hall–Kier alpha value is -0.640. The molecule has 0 aromatic carbocycles. The van der Waals surface area contributed by atoms with Gasteiger partial charge in [-0.05, 0) is 18.8 Å². The lowest BCUT2D eigenvalue weighted by atomic mass is 10.1. The summed E-state index contributed by atoms with van der Waals surface area (Å²) in [6.07, 6.45) is 2.14. The highest BCUT2D eigenvalue weighted by atomic mass is 32.1. The normalized spacial score (nSPS) is 10.8. The van der Waals surface area contributed by atoms with Gasteiger partial charge in [0, 0.05) is 6.54 Å². The molecule has 0 saturated heterocycles. The summed E-state index contributed by atoms with van der Waals surface area (Å²) in [5, 5.41) is 3.29. The van der Waals surface area contributed by atoms with Crippen molar-refractivity contribution in [3.63, 3.8) is 0 Å². The molecular weight excluding hydrogens is 182 g/mol. The average molecular weight is 199 g/mol. The minimum absolute atomic E-state index is 0.645. The molecule has 0 saturated carbocycles. The van der Waals surface area contributed by atoms with E-state index in [1.165, 1.54) is 11.7 Å². The van der Waals surface area contributed by atoms with Gasteiger partial charge >= 0.3 is 0 Å². The summed E-state index contributed by atoms with van der Waals surface area (Å²) in [6, 6.07) is 0. The molecule has 1 heterocycles. The molecule has 1 N–H and O–H groups in total. The second kappa shape index (κ2) is 5.17. The third-order valence-electron chi connectivity index (χ3n) is 1.70. The number of hydrogen-bond donors (Lipinski definition) is 1. The van der Waals surface area contributed by atoms with Gasteiger partial charge in [0.2, 0.25) is 0 Å². The predicted octanol–water partition coefficient (Wildman–Crippen LogP) is 2.56. The molecule has 1 aromatic heterocycles. The van der Waals surface area contributed by atoms with E-state index in [0.717, 1.165) is 30.9 Å². The van der Waals surface area contributed by atoms with Crippen molar-refractivity contribution in [3.05, 3.63) is 5.69 Å². The summed E-state index contributed by atoms with van der Waals surface area (Å²) in [4.78, 5) is 0. The molecule has 0 radical (unpaired) electrons. The Kier molecular flexibility index (Phi) is 4.15. The molecule has 0 aliphatic heterocycles. The van der Waals surface area contributed by atoms with Crippen LogP contribution in [0.3, 0.4) is 0 Å². The molecule has 0 atom stereocenters. The van der Waals surface area contributed by atoms with Crippen molar-refractivity contribution in [2.24, 2.45) is 5.92 Å². The van der Waals surface area contributed by atoms with E-state index in [2.05, 4.69) is 34.8 Å². The predicted molar refractivity (Wildman–Crippen MR) is 57.2 cm³/mol. The van der Waals surface area contributed by atoms with E-state index in [-0.39, 0.29) is 0 Å². The van der Waals surface area contributed by atoms with Crippen molar-refractivity contribution in [1.29, 1.82) is 0 Å². The third kappa shape index (κ3) is 3.30. The van der Waals surface area contributed by atoms with E-state index >= 15 is 0 Å².